The number of carbonyl (C=O) groups excluding carboxylic acids is 1. The number of amides is 1. The maximum Gasteiger partial charge on any atom is 0.307 e. The molecule has 5 unspecified atom stereocenters. The molecule has 2 N–H and O–H groups in total. The Bertz CT molecular complexity index is 377. The lowest BCUT2D eigenvalue weighted by Gasteiger charge is -2.42. The van der Waals surface area contributed by atoms with Gasteiger partial charge in [-0.2, -0.15) is 0 Å². The van der Waals surface area contributed by atoms with Crippen LogP contribution in [0.1, 0.15) is 33.1 Å². The van der Waals surface area contributed by atoms with E-state index in [4.69, 9.17) is 0 Å². The molecule has 1 fully saturated rings. The Morgan fingerprint density at radius 3 is 2.28 bits per heavy atom. The summed E-state index contributed by atoms with van der Waals surface area (Å²) in [4.78, 5) is 23.7. The van der Waals surface area contributed by atoms with Crippen molar-refractivity contribution in [3.05, 3.63) is 12.2 Å². The molecule has 1 amide bonds. The van der Waals surface area contributed by atoms with Gasteiger partial charge in [0.1, 0.15) is 0 Å². The molecule has 4 heteroatoms. The van der Waals surface area contributed by atoms with Crippen LogP contribution in [0.4, 0.5) is 0 Å². The molecule has 0 saturated heterocycles. The van der Waals surface area contributed by atoms with Crippen LogP contribution >= 0.6 is 0 Å². The van der Waals surface area contributed by atoms with Crippen molar-refractivity contribution in [2.75, 3.05) is 0 Å². The second kappa shape index (κ2) is 5.12. The fourth-order valence-corrected chi connectivity index (χ4v) is 3.13. The minimum Gasteiger partial charge on any atom is -0.481 e. The summed E-state index contributed by atoms with van der Waals surface area (Å²) >= 11 is 0. The van der Waals surface area contributed by atoms with Crippen molar-refractivity contribution in [1.29, 1.82) is 0 Å². The van der Waals surface area contributed by atoms with Gasteiger partial charge in [-0.3, -0.25) is 9.59 Å². The molecular formula is C14H21NO3. The molecule has 0 spiro atoms. The Hall–Kier alpha value is -1.32. The van der Waals surface area contributed by atoms with Crippen LogP contribution in [0.5, 0.6) is 0 Å². The first-order valence-corrected chi connectivity index (χ1v) is 6.76. The average molecular weight is 251 g/mol. The number of aliphatic carboxylic acids is 1. The van der Waals surface area contributed by atoms with Crippen molar-refractivity contribution < 1.29 is 14.7 Å². The van der Waals surface area contributed by atoms with E-state index < -0.39 is 11.9 Å². The molecule has 0 aromatic carbocycles. The molecule has 0 aliphatic heterocycles. The maximum atomic E-state index is 12.3. The third-order valence-corrected chi connectivity index (χ3v) is 4.34. The zero-order valence-corrected chi connectivity index (χ0v) is 10.9. The van der Waals surface area contributed by atoms with Gasteiger partial charge >= 0.3 is 5.97 Å². The molecule has 0 heterocycles. The first-order chi connectivity index (χ1) is 8.54. The Morgan fingerprint density at radius 2 is 1.83 bits per heavy atom. The molecule has 1 saturated carbocycles. The molecule has 2 bridgehead atoms. The summed E-state index contributed by atoms with van der Waals surface area (Å²) in [5, 5.41) is 12.3. The zero-order valence-electron chi connectivity index (χ0n) is 10.9. The number of hydrogen-bond donors (Lipinski definition) is 2. The summed E-state index contributed by atoms with van der Waals surface area (Å²) in [5.41, 5.74) is 0. The summed E-state index contributed by atoms with van der Waals surface area (Å²) in [5.74, 6) is -1.73. The minimum absolute atomic E-state index is 0.0279. The van der Waals surface area contributed by atoms with Crippen LogP contribution in [0, 0.1) is 23.7 Å². The standard InChI is InChI=1S/C14H21NO3/c1-3-8(2)15-13(16)11-9-4-6-10(7-5-9)12(11)14(17)18/h4,6,8-12H,3,5,7H2,1-2H3,(H,15,16)(H,17,18). The number of nitrogens with one attached hydrogen (secondary N) is 1. The molecule has 18 heavy (non-hydrogen) atoms. The average Bonchev–Trinajstić information content (AvgIpc) is 2.38. The third kappa shape index (κ3) is 2.28. The number of rotatable bonds is 4. The van der Waals surface area contributed by atoms with E-state index in [0.29, 0.717) is 0 Å². The highest BCUT2D eigenvalue weighted by Gasteiger charge is 2.48. The molecule has 0 radical (unpaired) electrons. The monoisotopic (exact) mass is 251 g/mol. The second-order valence-corrected chi connectivity index (χ2v) is 5.50. The molecule has 5 atom stereocenters. The fraction of sp³-hybridized carbons (Fsp3) is 0.714. The molecule has 3 rings (SSSR count). The Balaban J connectivity index is 2.16. The Labute approximate surface area is 107 Å². The highest BCUT2D eigenvalue weighted by Crippen LogP contribution is 2.45. The number of carboxylic acids is 1. The van der Waals surface area contributed by atoms with Gasteiger partial charge in [-0.15, -0.1) is 0 Å². The predicted octanol–water partition coefficient (Wildman–Crippen LogP) is 1.81. The Morgan fingerprint density at radius 1 is 1.28 bits per heavy atom. The minimum atomic E-state index is -0.835. The van der Waals surface area contributed by atoms with E-state index in [0.717, 1.165) is 19.3 Å². The number of hydrogen-bond acceptors (Lipinski definition) is 2. The van der Waals surface area contributed by atoms with E-state index in [1.807, 2.05) is 26.0 Å². The van der Waals surface area contributed by atoms with Gasteiger partial charge in [0.25, 0.3) is 0 Å². The number of fused-ring (bicyclic) bond motifs is 2. The molecule has 3 aliphatic rings. The topological polar surface area (TPSA) is 66.4 Å². The summed E-state index contributed by atoms with van der Waals surface area (Å²) in [7, 11) is 0. The first kappa shape index (κ1) is 13.1. The normalized spacial score (nSPS) is 35.2. The largest absolute Gasteiger partial charge is 0.481 e. The molecular weight excluding hydrogens is 230 g/mol. The predicted molar refractivity (Wildman–Crippen MR) is 67.9 cm³/mol. The van der Waals surface area contributed by atoms with Crippen molar-refractivity contribution in [3.8, 4) is 0 Å². The van der Waals surface area contributed by atoms with Crippen LogP contribution in [-0.2, 0) is 9.59 Å². The van der Waals surface area contributed by atoms with Crippen molar-refractivity contribution in [2.45, 2.75) is 39.2 Å². The quantitative estimate of drug-likeness (QED) is 0.749. The summed E-state index contributed by atoms with van der Waals surface area (Å²) < 4.78 is 0. The summed E-state index contributed by atoms with van der Waals surface area (Å²) in [6.45, 7) is 3.96. The van der Waals surface area contributed by atoms with Crippen molar-refractivity contribution in [1.82, 2.24) is 5.32 Å². The Kier molecular flexibility index (Phi) is 3.73. The SMILES string of the molecule is CCC(C)NC(=O)C1C2C=CC(CC2)C1C(=O)O. The van der Waals surface area contributed by atoms with Crippen LogP contribution in [0.2, 0.25) is 0 Å². The van der Waals surface area contributed by atoms with Crippen LogP contribution in [0.25, 0.3) is 0 Å². The lowest BCUT2D eigenvalue weighted by molar-refractivity contribution is -0.153. The van der Waals surface area contributed by atoms with Crippen molar-refractivity contribution in [2.24, 2.45) is 23.7 Å². The van der Waals surface area contributed by atoms with E-state index in [1.165, 1.54) is 0 Å². The van der Waals surface area contributed by atoms with Crippen molar-refractivity contribution >= 4 is 11.9 Å². The van der Waals surface area contributed by atoms with E-state index in [9.17, 15) is 14.7 Å². The van der Waals surface area contributed by atoms with Crippen LogP contribution in [0.3, 0.4) is 0 Å². The molecule has 4 nitrogen and oxygen atoms in total. The second-order valence-electron chi connectivity index (χ2n) is 5.50. The van der Waals surface area contributed by atoms with Gasteiger partial charge in [0.05, 0.1) is 11.8 Å². The number of carboxylic acid groups (broad SMARTS) is 1. The maximum absolute atomic E-state index is 12.3. The van der Waals surface area contributed by atoms with Gasteiger partial charge in [0.2, 0.25) is 5.91 Å². The molecule has 100 valence electrons. The highest BCUT2D eigenvalue weighted by molar-refractivity contribution is 5.86. The number of allylic oxidation sites excluding steroid dienone is 2. The van der Waals surface area contributed by atoms with Crippen LogP contribution < -0.4 is 5.32 Å². The van der Waals surface area contributed by atoms with Gasteiger partial charge in [-0.25, -0.2) is 0 Å². The van der Waals surface area contributed by atoms with E-state index in [1.54, 1.807) is 0 Å². The van der Waals surface area contributed by atoms with Crippen LogP contribution in [-0.4, -0.2) is 23.0 Å². The van der Waals surface area contributed by atoms with E-state index in [2.05, 4.69) is 5.32 Å². The van der Waals surface area contributed by atoms with Gasteiger partial charge in [-0.05, 0) is 38.0 Å². The smallest absolute Gasteiger partial charge is 0.307 e. The number of carbonyl (C=O) groups is 2. The third-order valence-electron chi connectivity index (χ3n) is 4.34. The van der Waals surface area contributed by atoms with Gasteiger partial charge in [-0.1, -0.05) is 19.1 Å². The summed E-state index contributed by atoms with van der Waals surface area (Å²) in [6, 6.07) is 0.108. The van der Waals surface area contributed by atoms with Crippen molar-refractivity contribution in [3.63, 3.8) is 0 Å². The van der Waals surface area contributed by atoms with Gasteiger partial charge in [0.15, 0.2) is 0 Å². The summed E-state index contributed by atoms with van der Waals surface area (Å²) in [6.07, 6.45) is 6.71. The first-order valence-electron chi connectivity index (χ1n) is 6.76. The molecule has 0 aromatic rings. The van der Waals surface area contributed by atoms with Gasteiger partial charge < -0.3 is 10.4 Å². The fourth-order valence-electron chi connectivity index (χ4n) is 3.13. The molecule has 0 aromatic heterocycles. The highest BCUT2D eigenvalue weighted by atomic mass is 16.4. The lowest BCUT2D eigenvalue weighted by atomic mass is 9.62. The van der Waals surface area contributed by atoms with E-state index in [-0.39, 0.29) is 29.7 Å². The molecule has 3 aliphatic carbocycles. The lowest BCUT2D eigenvalue weighted by Crippen LogP contribution is -2.50. The zero-order chi connectivity index (χ0) is 13.3. The van der Waals surface area contributed by atoms with E-state index >= 15 is 0 Å². The van der Waals surface area contributed by atoms with Crippen LogP contribution in [0.15, 0.2) is 12.2 Å². The van der Waals surface area contributed by atoms with Gasteiger partial charge in [0, 0.05) is 6.04 Å².